The van der Waals surface area contributed by atoms with Crippen LogP contribution in [0.25, 0.3) is 10.2 Å². The molecule has 0 spiro atoms. The number of aryl methyl sites for hydroxylation is 1. The molecule has 15 heavy (non-hydrogen) atoms. The Morgan fingerprint density at radius 1 is 1.13 bits per heavy atom. The molecule has 0 amide bonds. The Labute approximate surface area is 106 Å². The molecule has 0 aliphatic rings. The number of para-hydroxylation sites is 1. The zero-order chi connectivity index (χ0) is 10.3. The Kier molecular flexibility index (Phi) is 3.56. The maximum absolute atomic E-state index is 2.41. The van der Waals surface area contributed by atoms with Crippen LogP contribution in [-0.4, -0.2) is 0 Å². The molecule has 3 heteroatoms. The number of fused-ring (bicyclic) bond motifs is 1. The Morgan fingerprint density at radius 3 is 2.33 bits per heavy atom. The van der Waals surface area contributed by atoms with E-state index in [-0.39, 0.29) is 22.5 Å². The molecule has 1 nitrogen and oxygen atoms in total. The molecule has 0 aliphatic heterocycles. The predicted molar refractivity (Wildman–Crippen MR) is 72.1 cm³/mol. The standard InChI is InChI=1S/C12H16NS.BrH/c1-9-13(12(2,3)4)10-7-5-6-8-11(10)14-9;/h5-8H,1-4H3;1H/q+1;. The average molecular weight is 287 g/mol. The molecule has 0 N–H and O–H groups in total. The van der Waals surface area contributed by atoms with E-state index in [1.54, 1.807) is 0 Å². The van der Waals surface area contributed by atoms with Gasteiger partial charge in [0.1, 0.15) is 4.70 Å². The number of aromatic nitrogens is 1. The minimum absolute atomic E-state index is 0. The van der Waals surface area contributed by atoms with E-state index >= 15 is 0 Å². The molecule has 0 saturated heterocycles. The Bertz CT molecular complexity index is 468. The lowest BCUT2D eigenvalue weighted by Gasteiger charge is -2.12. The van der Waals surface area contributed by atoms with Crippen LogP contribution in [0.2, 0.25) is 0 Å². The van der Waals surface area contributed by atoms with Crippen molar-refractivity contribution < 1.29 is 4.57 Å². The summed E-state index contributed by atoms with van der Waals surface area (Å²) in [7, 11) is 0. The van der Waals surface area contributed by atoms with E-state index in [0.717, 1.165) is 0 Å². The van der Waals surface area contributed by atoms with Gasteiger partial charge in [-0.15, -0.1) is 17.0 Å². The molecule has 1 aromatic carbocycles. The van der Waals surface area contributed by atoms with E-state index in [2.05, 4.69) is 56.5 Å². The molecule has 0 atom stereocenters. The number of rotatable bonds is 0. The summed E-state index contributed by atoms with van der Waals surface area (Å²) >= 11 is 1.87. The average Bonchev–Trinajstić information content (AvgIpc) is 2.38. The largest absolute Gasteiger partial charge is 0.235 e. The fraction of sp³-hybridized carbons (Fsp3) is 0.417. The smallest absolute Gasteiger partial charge is 0.182 e. The Morgan fingerprint density at radius 2 is 1.73 bits per heavy atom. The highest BCUT2D eigenvalue weighted by Crippen LogP contribution is 2.22. The molecule has 0 unspecified atom stereocenters. The van der Waals surface area contributed by atoms with Crippen LogP contribution in [0.15, 0.2) is 24.3 Å². The fourth-order valence-electron chi connectivity index (χ4n) is 1.94. The summed E-state index contributed by atoms with van der Waals surface area (Å²) in [4.78, 5) is 0. The Hall–Kier alpha value is -0.410. The van der Waals surface area contributed by atoms with Crippen LogP contribution in [0.1, 0.15) is 25.8 Å². The number of hydrogen-bond donors (Lipinski definition) is 0. The summed E-state index contributed by atoms with van der Waals surface area (Å²) in [5, 5.41) is 1.37. The molecule has 1 aromatic heterocycles. The van der Waals surface area contributed by atoms with Crippen LogP contribution in [0.3, 0.4) is 0 Å². The summed E-state index contributed by atoms with van der Waals surface area (Å²) in [5.41, 5.74) is 1.52. The molecular weight excluding hydrogens is 270 g/mol. The lowest BCUT2D eigenvalue weighted by Crippen LogP contribution is -2.51. The van der Waals surface area contributed by atoms with Gasteiger partial charge in [0.05, 0.1) is 0 Å². The highest BCUT2D eigenvalue weighted by molar-refractivity contribution is 8.93. The summed E-state index contributed by atoms with van der Waals surface area (Å²) in [6.07, 6.45) is 0. The summed E-state index contributed by atoms with van der Waals surface area (Å²) < 4.78 is 3.78. The van der Waals surface area contributed by atoms with Crippen molar-refractivity contribution in [2.24, 2.45) is 0 Å². The van der Waals surface area contributed by atoms with Crippen molar-refractivity contribution >= 4 is 38.5 Å². The topological polar surface area (TPSA) is 3.88 Å². The molecule has 82 valence electrons. The van der Waals surface area contributed by atoms with E-state index in [0.29, 0.717) is 0 Å². The predicted octanol–water partition coefficient (Wildman–Crippen LogP) is 3.83. The maximum atomic E-state index is 2.41. The van der Waals surface area contributed by atoms with Gasteiger partial charge in [0.25, 0.3) is 0 Å². The van der Waals surface area contributed by atoms with Gasteiger partial charge in [-0.1, -0.05) is 23.5 Å². The van der Waals surface area contributed by atoms with Crippen molar-refractivity contribution in [2.45, 2.75) is 33.2 Å². The highest BCUT2D eigenvalue weighted by atomic mass is 79.9. The molecule has 2 rings (SSSR count). The first-order chi connectivity index (χ1) is 6.50. The molecule has 0 fully saturated rings. The zero-order valence-corrected chi connectivity index (χ0v) is 12.1. The van der Waals surface area contributed by atoms with Crippen molar-refractivity contribution in [3.8, 4) is 0 Å². The first-order valence-electron chi connectivity index (χ1n) is 4.91. The van der Waals surface area contributed by atoms with Gasteiger partial charge < -0.3 is 0 Å². The lowest BCUT2D eigenvalue weighted by atomic mass is 10.1. The number of nitrogens with zero attached hydrogens (tertiary/aromatic N) is 1. The van der Waals surface area contributed by atoms with Gasteiger partial charge in [-0.25, -0.2) is 0 Å². The van der Waals surface area contributed by atoms with E-state index in [1.165, 1.54) is 15.2 Å². The molecule has 0 bridgehead atoms. The van der Waals surface area contributed by atoms with Crippen molar-refractivity contribution in [3.05, 3.63) is 29.3 Å². The van der Waals surface area contributed by atoms with Crippen LogP contribution in [0.4, 0.5) is 0 Å². The van der Waals surface area contributed by atoms with Crippen LogP contribution in [0.5, 0.6) is 0 Å². The SMILES string of the molecule is Br.Cc1sc2ccccc2[n+]1C(C)(C)C. The van der Waals surface area contributed by atoms with E-state index in [4.69, 9.17) is 0 Å². The van der Waals surface area contributed by atoms with Gasteiger partial charge in [-0.3, -0.25) is 0 Å². The number of thiazole rings is 1. The number of benzene rings is 1. The quantitative estimate of drug-likeness (QED) is 0.648. The van der Waals surface area contributed by atoms with E-state index < -0.39 is 0 Å². The maximum Gasteiger partial charge on any atom is 0.235 e. The minimum Gasteiger partial charge on any atom is -0.182 e. The molecule has 0 aliphatic carbocycles. The van der Waals surface area contributed by atoms with Gasteiger partial charge >= 0.3 is 0 Å². The first-order valence-corrected chi connectivity index (χ1v) is 5.72. The first kappa shape index (κ1) is 12.7. The van der Waals surface area contributed by atoms with Gasteiger partial charge in [0, 0.05) is 33.8 Å². The Balaban J connectivity index is 0.00000112. The van der Waals surface area contributed by atoms with Crippen LogP contribution in [-0.2, 0) is 5.54 Å². The lowest BCUT2D eigenvalue weighted by molar-refractivity contribution is -0.731. The van der Waals surface area contributed by atoms with E-state index in [1.807, 2.05) is 11.3 Å². The third kappa shape index (κ3) is 2.23. The second kappa shape index (κ2) is 4.22. The van der Waals surface area contributed by atoms with Crippen molar-refractivity contribution in [1.82, 2.24) is 0 Å². The molecule has 1 heterocycles. The second-order valence-electron chi connectivity index (χ2n) is 4.60. The van der Waals surface area contributed by atoms with Crippen molar-refractivity contribution in [1.29, 1.82) is 0 Å². The van der Waals surface area contributed by atoms with Gasteiger partial charge in [0.15, 0.2) is 5.54 Å². The minimum atomic E-state index is 0. The summed E-state index contributed by atoms with van der Waals surface area (Å²) in [5.74, 6) is 0. The van der Waals surface area contributed by atoms with Crippen molar-refractivity contribution in [3.63, 3.8) is 0 Å². The van der Waals surface area contributed by atoms with E-state index in [9.17, 15) is 0 Å². The zero-order valence-electron chi connectivity index (χ0n) is 9.57. The van der Waals surface area contributed by atoms with Gasteiger partial charge in [-0.2, -0.15) is 4.57 Å². The molecule has 2 aromatic rings. The normalized spacial score (nSPS) is 11.5. The second-order valence-corrected chi connectivity index (χ2v) is 5.83. The van der Waals surface area contributed by atoms with Gasteiger partial charge in [-0.05, 0) is 6.07 Å². The van der Waals surface area contributed by atoms with Crippen LogP contribution >= 0.6 is 28.3 Å². The van der Waals surface area contributed by atoms with Gasteiger partial charge in [0.2, 0.25) is 10.5 Å². The molecule has 0 saturated carbocycles. The number of halogens is 1. The summed E-state index contributed by atoms with van der Waals surface area (Å²) in [6, 6.07) is 8.60. The third-order valence-corrected chi connectivity index (χ3v) is 3.39. The monoisotopic (exact) mass is 286 g/mol. The third-order valence-electron chi connectivity index (χ3n) is 2.35. The molecular formula is C12H17BrNS+. The molecule has 0 radical (unpaired) electrons. The van der Waals surface area contributed by atoms with Crippen LogP contribution in [0, 0.1) is 6.92 Å². The number of hydrogen-bond acceptors (Lipinski definition) is 1. The highest BCUT2D eigenvalue weighted by Gasteiger charge is 2.28. The fourth-order valence-corrected chi connectivity index (χ4v) is 3.13. The van der Waals surface area contributed by atoms with Crippen molar-refractivity contribution in [2.75, 3.05) is 0 Å². The summed E-state index contributed by atoms with van der Waals surface area (Å²) in [6.45, 7) is 8.94. The van der Waals surface area contributed by atoms with Crippen LogP contribution < -0.4 is 4.57 Å².